The van der Waals surface area contributed by atoms with Gasteiger partial charge in [0.05, 0.1) is 27.3 Å². The molecule has 1 saturated heterocycles. The zero-order valence-electron chi connectivity index (χ0n) is 22.1. The summed E-state index contributed by atoms with van der Waals surface area (Å²) in [7, 11) is 1.90. The Morgan fingerprint density at radius 2 is 1.92 bits per heavy atom. The molecule has 1 aromatic carbocycles. The van der Waals surface area contributed by atoms with Crippen LogP contribution >= 0.6 is 23.1 Å². The summed E-state index contributed by atoms with van der Waals surface area (Å²) in [6, 6.07) is 6.00. The molecule has 6 rings (SSSR count). The van der Waals surface area contributed by atoms with Gasteiger partial charge in [-0.15, -0.1) is 23.1 Å². The number of ether oxygens (including phenoxy) is 2. The molecule has 2 aliphatic rings. The molecule has 3 aromatic heterocycles. The highest BCUT2D eigenvalue weighted by Crippen LogP contribution is 2.39. The lowest BCUT2D eigenvalue weighted by Crippen LogP contribution is -2.38. The van der Waals surface area contributed by atoms with Gasteiger partial charge < -0.3 is 14.4 Å². The van der Waals surface area contributed by atoms with Crippen LogP contribution in [0.5, 0.6) is 11.5 Å². The van der Waals surface area contributed by atoms with Gasteiger partial charge in [0, 0.05) is 53.3 Å². The van der Waals surface area contributed by atoms with E-state index in [0.717, 1.165) is 62.2 Å². The van der Waals surface area contributed by atoms with Crippen molar-refractivity contribution in [1.29, 1.82) is 0 Å². The third-order valence-corrected chi connectivity index (χ3v) is 9.19. The summed E-state index contributed by atoms with van der Waals surface area (Å²) in [5, 5.41) is 9.13. The number of benzene rings is 1. The normalized spacial score (nSPS) is 16.0. The lowest BCUT2D eigenvalue weighted by molar-refractivity contribution is 0.0709. The van der Waals surface area contributed by atoms with Crippen molar-refractivity contribution in [2.45, 2.75) is 49.7 Å². The number of aryl methyl sites for hydroxylation is 2. The van der Waals surface area contributed by atoms with Gasteiger partial charge >= 0.3 is 0 Å². The number of piperidine rings is 1. The van der Waals surface area contributed by atoms with Crippen LogP contribution in [0.1, 0.15) is 53.7 Å². The number of rotatable bonds is 5. The second-order valence-electron chi connectivity index (χ2n) is 10.1. The molecule has 10 heteroatoms. The van der Waals surface area contributed by atoms with Crippen LogP contribution in [0.3, 0.4) is 0 Å². The van der Waals surface area contributed by atoms with Crippen molar-refractivity contribution in [1.82, 2.24) is 24.6 Å². The molecule has 1 fully saturated rings. The van der Waals surface area contributed by atoms with E-state index < -0.39 is 0 Å². The van der Waals surface area contributed by atoms with Crippen molar-refractivity contribution in [2.75, 3.05) is 26.3 Å². The fourth-order valence-corrected chi connectivity index (χ4v) is 7.30. The van der Waals surface area contributed by atoms with Gasteiger partial charge in [0.2, 0.25) is 0 Å². The van der Waals surface area contributed by atoms with Crippen LogP contribution in [0.4, 0.5) is 0 Å². The molecule has 0 aliphatic carbocycles. The highest BCUT2D eigenvalue weighted by molar-refractivity contribution is 8.00. The van der Waals surface area contributed by atoms with Crippen molar-refractivity contribution >= 4 is 40.0 Å². The summed E-state index contributed by atoms with van der Waals surface area (Å²) >= 11 is 3.41. The number of nitrogens with zero attached hydrogens (tertiary/aromatic N) is 5. The molecule has 0 atom stereocenters. The molecule has 0 unspecified atom stereocenters. The summed E-state index contributed by atoms with van der Waals surface area (Å²) in [6.07, 6.45) is 3.53. The van der Waals surface area contributed by atoms with Gasteiger partial charge in [-0.25, -0.2) is 9.97 Å². The van der Waals surface area contributed by atoms with Crippen LogP contribution in [0, 0.1) is 6.92 Å². The van der Waals surface area contributed by atoms with Crippen molar-refractivity contribution in [2.24, 2.45) is 7.05 Å². The second-order valence-corrected chi connectivity index (χ2v) is 12.5. The third kappa shape index (κ3) is 4.64. The predicted octanol–water partition coefficient (Wildman–Crippen LogP) is 5.69. The van der Waals surface area contributed by atoms with Crippen LogP contribution in [-0.2, 0) is 7.05 Å². The number of hydrogen-bond donors (Lipinski definition) is 0. The number of carbonyl (C=O) groups excluding carboxylic acids is 1. The lowest BCUT2D eigenvalue weighted by Gasteiger charge is -2.31. The fourth-order valence-electron chi connectivity index (χ4n) is 5.20. The Hall–Kier alpha value is -3.11. The summed E-state index contributed by atoms with van der Waals surface area (Å²) < 4.78 is 13.2. The number of likely N-dealkylation sites (tertiary alicyclic amines) is 1. The van der Waals surface area contributed by atoms with Gasteiger partial charge in [-0.1, -0.05) is 13.8 Å². The van der Waals surface area contributed by atoms with Gasteiger partial charge in [0.15, 0.2) is 17.1 Å². The van der Waals surface area contributed by atoms with Crippen LogP contribution in [0.2, 0.25) is 0 Å². The number of aromatic nitrogens is 4. The zero-order valence-corrected chi connectivity index (χ0v) is 23.7. The number of fused-ring (bicyclic) bond motifs is 2. The maximum Gasteiger partial charge on any atom is 0.256 e. The highest BCUT2D eigenvalue weighted by Gasteiger charge is 2.29. The number of thioether (sulfide) groups is 1. The first-order chi connectivity index (χ1) is 18.4. The Balaban J connectivity index is 1.18. The molecule has 0 bridgehead atoms. The Kier molecular flexibility index (Phi) is 6.77. The van der Waals surface area contributed by atoms with Gasteiger partial charge in [0.1, 0.15) is 13.2 Å². The molecule has 0 saturated carbocycles. The Morgan fingerprint density at radius 1 is 1.16 bits per heavy atom. The van der Waals surface area contributed by atoms with E-state index in [1.165, 1.54) is 0 Å². The molecule has 2 aliphatic heterocycles. The molecule has 38 heavy (non-hydrogen) atoms. The van der Waals surface area contributed by atoms with E-state index in [1.54, 1.807) is 34.0 Å². The largest absolute Gasteiger partial charge is 0.486 e. The monoisotopic (exact) mass is 549 g/mol. The standard InChI is InChI=1S/C28H31N5O3S2/c1-16(2)38-25-20(14-29-26-24(25)17(3)31-32(26)4)28(34)33-9-7-18(8-10-33)27-30-21(15-37-27)19-5-6-22-23(13-19)36-12-11-35-22/h5-6,13-16,18H,7-12H2,1-4H3. The molecule has 5 heterocycles. The molecule has 0 N–H and O–H groups in total. The Bertz CT molecular complexity index is 1500. The van der Waals surface area contributed by atoms with E-state index in [0.29, 0.717) is 43.0 Å². The maximum absolute atomic E-state index is 13.7. The quantitative estimate of drug-likeness (QED) is 0.296. The van der Waals surface area contributed by atoms with E-state index in [4.69, 9.17) is 14.5 Å². The molecule has 198 valence electrons. The average Bonchev–Trinajstić information content (AvgIpc) is 3.53. The van der Waals surface area contributed by atoms with Crippen molar-refractivity contribution in [3.8, 4) is 22.8 Å². The maximum atomic E-state index is 13.7. The highest BCUT2D eigenvalue weighted by atomic mass is 32.2. The molecule has 1 amide bonds. The van der Waals surface area contributed by atoms with E-state index in [-0.39, 0.29) is 5.91 Å². The van der Waals surface area contributed by atoms with Crippen molar-refractivity contribution in [3.05, 3.63) is 46.0 Å². The van der Waals surface area contributed by atoms with E-state index in [1.807, 2.05) is 37.1 Å². The van der Waals surface area contributed by atoms with Crippen molar-refractivity contribution in [3.63, 3.8) is 0 Å². The number of pyridine rings is 1. The predicted molar refractivity (Wildman–Crippen MR) is 151 cm³/mol. The molecular formula is C28H31N5O3S2. The van der Waals surface area contributed by atoms with Gasteiger partial charge in [-0.3, -0.25) is 9.48 Å². The fraction of sp³-hybridized carbons (Fsp3) is 0.429. The SMILES string of the molecule is Cc1nn(C)c2ncc(C(=O)N3CCC(c4nc(-c5ccc6c(c5)OCCO6)cs4)CC3)c(SC(C)C)c12. The number of carbonyl (C=O) groups is 1. The zero-order chi connectivity index (χ0) is 26.4. The Labute approximate surface area is 230 Å². The van der Waals surface area contributed by atoms with Gasteiger partial charge in [-0.05, 0) is 38.0 Å². The molecule has 8 nitrogen and oxygen atoms in total. The minimum absolute atomic E-state index is 0.0559. The van der Waals surface area contributed by atoms with E-state index in [9.17, 15) is 4.79 Å². The lowest BCUT2D eigenvalue weighted by atomic mass is 9.97. The third-order valence-electron chi connectivity index (χ3n) is 7.05. The van der Waals surface area contributed by atoms with E-state index >= 15 is 0 Å². The smallest absolute Gasteiger partial charge is 0.256 e. The summed E-state index contributed by atoms with van der Waals surface area (Å²) in [6.45, 7) is 8.85. The number of thiazole rings is 1. The average molecular weight is 550 g/mol. The first-order valence-corrected chi connectivity index (χ1v) is 14.8. The van der Waals surface area contributed by atoms with Crippen LogP contribution in [-0.4, -0.2) is 62.1 Å². The topological polar surface area (TPSA) is 82.4 Å². The minimum Gasteiger partial charge on any atom is -0.486 e. The number of amides is 1. The minimum atomic E-state index is 0.0559. The van der Waals surface area contributed by atoms with Gasteiger partial charge in [-0.2, -0.15) is 5.10 Å². The summed E-state index contributed by atoms with van der Waals surface area (Å²) in [5.41, 5.74) is 4.40. The molecular weight excluding hydrogens is 518 g/mol. The van der Waals surface area contributed by atoms with Crippen LogP contribution < -0.4 is 9.47 Å². The molecule has 0 radical (unpaired) electrons. The number of hydrogen-bond acceptors (Lipinski definition) is 8. The summed E-state index contributed by atoms with van der Waals surface area (Å²) in [5.74, 6) is 1.97. The Morgan fingerprint density at radius 3 is 2.68 bits per heavy atom. The first-order valence-electron chi connectivity index (χ1n) is 13.0. The van der Waals surface area contributed by atoms with Crippen molar-refractivity contribution < 1.29 is 14.3 Å². The first kappa shape index (κ1) is 25.2. The van der Waals surface area contributed by atoms with Crippen LogP contribution in [0.15, 0.2) is 34.7 Å². The van der Waals surface area contributed by atoms with Gasteiger partial charge in [0.25, 0.3) is 5.91 Å². The van der Waals surface area contributed by atoms with Crippen LogP contribution in [0.25, 0.3) is 22.3 Å². The molecule has 4 aromatic rings. The summed E-state index contributed by atoms with van der Waals surface area (Å²) in [4.78, 5) is 26.3. The molecule has 0 spiro atoms. The van der Waals surface area contributed by atoms with E-state index in [2.05, 4.69) is 29.3 Å². The second kappa shape index (κ2) is 10.2.